The Morgan fingerprint density at radius 3 is 2.93 bits per heavy atom. The number of aryl methyl sites for hydroxylation is 1. The number of benzene rings is 2. The van der Waals surface area contributed by atoms with E-state index in [0.717, 1.165) is 59.3 Å². The first kappa shape index (κ1) is 16.5. The Morgan fingerprint density at radius 1 is 1.11 bits per heavy atom. The molecular formula is C23H23N3O. The fourth-order valence-electron chi connectivity index (χ4n) is 4.63. The Balaban J connectivity index is 1.54. The number of carbonyl (C=O) groups excluding carboxylic acids is 1. The minimum atomic E-state index is 0.156. The van der Waals surface area contributed by atoms with E-state index >= 15 is 0 Å². The molecule has 1 N–H and O–H groups in total. The van der Waals surface area contributed by atoms with Crippen LogP contribution in [0.15, 0.2) is 54.6 Å². The van der Waals surface area contributed by atoms with Crippen LogP contribution in [0.5, 0.6) is 0 Å². The van der Waals surface area contributed by atoms with E-state index in [1.54, 1.807) is 0 Å². The second-order valence-electron chi connectivity index (χ2n) is 7.68. The number of rotatable bonds is 2. The summed E-state index contributed by atoms with van der Waals surface area (Å²) in [5.74, 6) is 0.770. The summed E-state index contributed by atoms with van der Waals surface area (Å²) >= 11 is 0. The number of aromatic nitrogens is 1. The molecule has 2 aliphatic heterocycles. The maximum atomic E-state index is 13.2. The lowest BCUT2D eigenvalue weighted by molar-refractivity contribution is 0.0737. The van der Waals surface area contributed by atoms with Gasteiger partial charge in [-0.05, 0) is 54.7 Å². The van der Waals surface area contributed by atoms with Crippen molar-refractivity contribution < 1.29 is 4.79 Å². The predicted octanol–water partition coefficient (Wildman–Crippen LogP) is 3.64. The molecule has 0 spiro atoms. The van der Waals surface area contributed by atoms with Crippen LogP contribution in [0.1, 0.15) is 22.5 Å². The Kier molecular flexibility index (Phi) is 3.94. The number of carbonyl (C=O) groups is 1. The van der Waals surface area contributed by atoms with Crippen LogP contribution < -0.4 is 5.32 Å². The lowest BCUT2D eigenvalue weighted by Gasteiger charge is -2.23. The molecule has 2 fully saturated rings. The largest absolute Gasteiger partial charge is 0.334 e. The Labute approximate surface area is 159 Å². The summed E-state index contributed by atoms with van der Waals surface area (Å²) in [6.45, 7) is 4.85. The summed E-state index contributed by atoms with van der Waals surface area (Å²) < 4.78 is 0. The topological polar surface area (TPSA) is 45.2 Å². The van der Waals surface area contributed by atoms with Gasteiger partial charge in [-0.1, -0.05) is 30.3 Å². The zero-order valence-corrected chi connectivity index (χ0v) is 15.5. The van der Waals surface area contributed by atoms with Crippen molar-refractivity contribution in [2.24, 2.45) is 5.92 Å². The van der Waals surface area contributed by atoms with Crippen molar-refractivity contribution in [2.45, 2.75) is 19.4 Å². The van der Waals surface area contributed by atoms with Gasteiger partial charge in [-0.15, -0.1) is 0 Å². The van der Waals surface area contributed by atoms with E-state index in [1.807, 2.05) is 43.3 Å². The second kappa shape index (κ2) is 6.46. The SMILES string of the molecule is Cc1cc(-c2cccc(C(=O)N3CC[C@H]4CNC[C@H]43)c2)c2ccccc2n1. The average Bonchev–Trinajstić information content (AvgIpc) is 3.30. The molecular weight excluding hydrogens is 334 g/mol. The van der Waals surface area contributed by atoms with Gasteiger partial charge in [0.1, 0.15) is 0 Å². The zero-order valence-electron chi connectivity index (χ0n) is 15.5. The second-order valence-corrected chi connectivity index (χ2v) is 7.68. The third kappa shape index (κ3) is 2.81. The molecule has 3 aromatic rings. The monoisotopic (exact) mass is 357 g/mol. The van der Waals surface area contributed by atoms with Crippen molar-refractivity contribution in [3.63, 3.8) is 0 Å². The van der Waals surface area contributed by atoms with Crippen molar-refractivity contribution in [2.75, 3.05) is 19.6 Å². The minimum Gasteiger partial charge on any atom is -0.334 e. The fraction of sp³-hybridized carbons (Fsp3) is 0.304. The van der Waals surface area contributed by atoms with Gasteiger partial charge in [0, 0.05) is 42.3 Å². The van der Waals surface area contributed by atoms with Gasteiger partial charge in [-0.2, -0.15) is 0 Å². The van der Waals surface area contributed by atoms with Gasteiger partial charge in [0.05, 0.1) is 5.52 Å². The molecule has 27 heavy (non-hydrogen) atoms. The van der Waals surface area contributed by atoms with E-state index < -0.39 is 0 Å². The van der Waals surface area contributed by atoms with Crippen LogP contribution in [0.4, 0.5) is 0 Å². The van der Waals surface area contributed by atoms with Gasteiger partial charge in [0.2, 0.25) is 0 Å². The van der Waals surface area contributed by atoms with Crippen LogP contribution in [-0.4, -0.2) is 41.5 Å². The standard InChI is InChI=1S/C23H23N3O/c1-15-11-20(19-7-2-3-8-21(19)25-15)16-5-4-6-17(12-16)23(27)26-10-9-18-13-24-14-22(18)26/h2-8,11-12,18,22,24H,9-10,13-14H2,1H3/t18-,22+/m0/s1. The highest BCUT2D eigenvalue weighted by atomic mass is 16.2. The number of nitrogens with zero attached hydrogens (tertiary/aromatic N) is 2. The van der Waals surface area contributed by atoms with Crippen LogP contribution in [0.3, 0.4) is 0 Å². The average molecular weight is 357 g/mol. The van der Waals surface area contributed by atoms with E-state index in [0.29, 0.717) is 12.0 Å². The van der Waals surface area contributed by atoms with Crippen molar-refractivity contribution in [1.82, 2.24) is 15.2 Å². The van der Waals surface area contributed by atoms with E-state index in [9.17, 15) is 4.79 Å². The molecule has 1 amide bonds. The van der Waals surface area contributed by atoms with Crippen LogP contribution >= 0.6 is 0 Å². The predicted molar refractivity (Wildman–Crippen MR) is 108 cm³/mol. The van der Waals surface area contributed by atoms with Gasteiger partial charge >= 0.3 is 0 Å². The molecule has 136 valence electrons. The van der Waals surface area contributed by atoms with Gasteiger partial charge in [-0.3, -0.25) is 9.78 Å². The van der Waals surface area contributed by atoms with Crippen LogP contribution in [0, 0.1) is 12.8 Å². The fourth-order valence-corrected chi connectivity index (χ4v) is 4.63. The van der Waals surface area contributed by atoms with Gasteiger partial charge in [0.25, 0.3) is 5.91 Å². The summed E-state index contributed by atoms with van der Waals surface area (Å²) in [6, 6.07) is 18.7. The lowest BCUT2D eigenvalue weighted by atomic mass is 9.98. The molecule has 1 aromatic heterocycles. The lowest BCUT2D eigenvalue weighted by Crippen LogP contribution is -2.39. The van der Waals surface area contributed by atoms with E-state index in [-0.39, 0.29) is 5.91 Å². The molecule has 2 saturated heterocycles. The maximum absolute atomic E-state index is 13.2. The van der Waals surface area contributed by atoms with E-state index in [2.05, 4.69) is 33.4 Å². The summed E-state index contributed by atoms with van der Waals surface area (Å²) in [5, 5.41) is 4.54. The molecule has 0 unspecified atom stereocenters. The number of pyridine rings is 1. The molecule has 0 bridgehead atoms. The molecule has 2 aromatic carbocycles. The molecule has 4 nitrogen and oxygen atoms in total. The molecule has 2 aliphatic rings. The molecule has 0 radical (unpaired) electrons. The molecule has 5 rings (SSSR count). The molecule has 0 saturated carbocycles. The summed E-state index contributed by atoms with van der Waals surface area (Å²) in [5.41, 5.74) is 4.96. The highest BCUT2D eigenvalue weighted by Crippen LogP contribution is 2.31. The summed E-state index contributed by atoms with van der Waals surface area (Å²) in [4.78, 5) is 19.9. The Morgan fingerprint density at radius 2 is 2.00 bits per heavy atom. The molecule has 4 heteroatoms. The first-order valence-corrected chi connectivity index (χ1v) is 9.69. The number of fused-ring (bicyclic) bond motifs is 2. The number of amides is 1. The Bertz CT molecular complexity index is 1030. The Hall–Kier alpha value is -2.72. The van der Waals surface area contributed by atoms with Crippen LogP contribution in [0.25, 0.3) is 22.0 Å². The number of hydrogen-bond donors (Lipinski definition) is 1. The number of hydrogen-bond acceptors (Lipinski definition) is 3. The number of para-hydroxylation sites is 1. The molecule has 3 heterocycles. The number of likely N-dealkylation sites (tertiary alicyclic amines) is 1. The quantitative estimate of drug-likeness (QED) is 0.761. The van der Waals surface area contributed by atoms with Gasteiger partial charge in [0.15, 0.2) is 0 Å². The summed E-state index contributed by atoms with van der Waals surface area (Å²) in [6.07, 6.45) is 1.11. The molecule has 2 atom stereocenters. The van der Waals surface area contributed by atoms with Gasteiger partial charge < -0.3 is 10.2 Å². The van der Waals surface area contributed by atoms with Crippen molar-refractivity contribution >= 4 is 16.8 Å². The van der Waals surface area contributed by atoms with E-state index in [4.69, 9.17) is 0 Å². The maximum Gasteiger partial charge on any atom is 0.254 e. The first-order chi connectivity index (χ1) is 13.2. The zero-order chi connectivity index (χ0) is 18.4. The highest BCUT2D eigenvalue weighted by molar-refractivity contribution is 5.99. The smallest absolute Gasteiger partial charge is 0.254 e. The third-order valence-electron chi connectivity index (χ3n) is 5.97. The minimum absolute atomic E-state index is 0.156. The highest BCUT2D eigenvalue weighted by Gasteiger charge is 2.40. The van der Waals surface area contributed by atoms with Crippen molar-refractivity contribution in [3.8, 4) is 11.1 Å². The van der Waals surface area contributed by atoms with Gasteiger partial charge in [-0.25, -0.2) is 0 Å². The van der Waals surface area contributed by atoms with Crippen LogP contribution in [0.2, 0.25) is 0 Å². The van der Waals surface area contributed by atoms with Crippen molar-refractivity contribution in [1.29, 1.82) is 0 Å². The molecule has 0 aliphatic carbocycles. The van der Waals surface area contributed by atoms with E-state index in [1.165, 1.54) is 0 Å². The summed E-state index contributed by atoms with van der Waals surface area (Å²) in [7, 11) is 0. The van der Waals surface area contributed by atoms with Crippen molar-refractivity contribution in [3.05, 3.63) is 65.9 Å². The third-order valence-corrected chi connectivity index (χ3v) is 5.97. The van der Waals surface area contributed by atoms with Crippen LogP contribution in [-0.2, 0) is 0 Å². The normalized spacial score (nSPS) is 21.6. The first-order valence-electron chi connectivity index (χ1n) is 9.69. The number of nitrogens with one attached hydrogen (secondary N) is 1.